The molecule has 2 heterocycles. The SMILES string of the molecule is Cc1[nH]c(C(=O)N2CCC(CC(=O)NCc3ccccc3)CC2)c(C)c1C. The maximum Gasteiger partial charge on any atom is 0.270 e. The standard InChI is InChI=1S/C22H29N3O2/c1-15-16(2)21(24-17(15)3)22(27)25-11-9-18(10-12-25)13-20(26)23-14-19-7-5-4-6-8-19/h4-8,18,24H,9-14H2,1-3H3,(H,23,26). The zero-order chi connectivity index (χ0) is 19.4. The number of aromatic nitrogens is 1. The van der Waals surface area contributed by atoms with Gasteiger partial charge in [-0.15, -0.1) is 0 Å². The van der Waals surface area contributed by atoms with Crippen LogP contribution in [0.4, 0.5) is 0 Å². The van der Waals surface area contributed by atoms with Crippen LogP contribution in [0.5, 0.6) is 0 Å². The fourth-order valence-corrected chi connectivity index (χ4v) is 3.69. The molecular formula is C22H29N3O2. The summed E-state index contributed by atoms with van der Waals surface area (Å²) in [5.41, 5.74) is 5.08. The lowest BCUT2D eigenvalue weighted by Crippen LogP contribution is -2.40. The van der Waals surface area contributed by atoms with Crippen molar-refractivity contribution < 1.29 is 9.59 Å². The summed E-state index contributed by atoms with van der Waals surface area (Å²) < 4.78 is 0. The van der Waals surface area contributed by atoms with Gasteiger partial charge in [0, 0.05) is 31.7 Å². The van der Waals surface area contributed by atoms with E-state index in [4.69, 9.17) is 0 Å². The van der Waals surface area contributed by atoms with Crippen molar-refractivity contribution in [1.29, 1.82) is 0 Å². The number of hydrogen-bond acceptors (Lipinski definition) is 2. The van der Waals surface area contributed by atoms with Crippen LogP contribution in [0.25, 0.3) is 0 Å². The van der Waals surface area contributed by atoms with Gasteiger partial charge in [-0.2, -0.15) is 0 Å². The molecule has 0 atom stereocenters. The van der Waals surface area contributed by atoms with E-state index in [-0.39, 0.29) is 11.8 Å². The Morgan fingerprint density at radius 2 is 1.74 bits per heavy atom. The predicted octanol–water partition coefficient (Wildman–Crippen LogP) is 3.50. The van der Waals surface area contributed by atoms with E-state index in [1.165, 1.54) is 0 Å². The van der Waals surface area contributed by atoms with Crippen LogP contribution in [0.2, 0.25) is 0 Å². The van der Waals surface area contributed by atoms with Crippen molar-refractivity contribution in [1.82, 2.24) is 15.2 Å². The van der Waals surface area contributed by atoms with Crippen molar-refractivity contribution >= 4 is 11.8 Å². The number of nitrogens with one attached hydrogen (secondary N) is 2. The molecule has 0 saturated carbocycles. The number of rotatable bonds is 5. The largest absolute Gasteiger partial charge is 0.354 e. The third-order valence-corrected chi connectivity index (χ3v) is 5.73. The number of nitrogens with zero attached hydrogens (tertiary/aromatic N) is 1. The number of amides is 2. The Kier molecular flexibility index (Phi) is 5.99. The first-order valence-electron chi connectivity index (χ1n) is 9.71. The minimum absolute atomic E-state index is 0.0793. The highest BCUT2D eigenvalue weighted by Crippen LogP contribution is 2.24. The summed E-state index contributed by atoms with van der Waals surface area (Å²) in [5, 5.41) is 3.00. The maximum absolute atomic E-state index is 12.8. The molecule has 5 heteroatoms. The molecule has 0 unspecified atom stereocenters. The average molecular weight is 367 g/mol. The van der Waals surface area contributed by atoms with Crippen molar-refractivity contribution in [3.63, 3.8) is 0 Å². The Morgan fingerprint density at radius 1 is 1.07 bits per heavy atom. The monoisotopic (exact) mass is 367 g/mol. The van der Waals surface area contributed by atoms with Gasteiger partial charge in [0.05, 0.1) is 0 Å². The molecule has 1 fully saturated rings. The van der Waals surface area contributed by atoms with E-state index in [0.717, 1.165) is 35.2 Å². The van der Waals surface area contributed by atoms with Crippen LogP contribution in [0.15, 0.2) is 30.3 Å². The minimum Gasteiger partial charge on any atom is -0.354 e. The van der Waals surface area contributed by atoms with Crippen LogP contribution < -0.4 is 5.32 Å². The normalized spacial score (nSPS) is 15.0. The van der Waals surface area contributed by atoms with Crippen molar-refractivity contribution in [2.24, 2.45) is 5.92 Å². The van der Waals surface area contributed by atoms with E-state index >= 15 is 0 Å². The molecule has 2 N–H and O–H groups in total. The zero-order valence-corrected chi connectivity index (χ0v) is 16.5. The van der Waals surface area contributed by atoms with Crippen LogP contribution in [-0.4, -0.2) is 34.8 Å². The van der Waals surface area contributed by atoms with E-state index in [1.807, 2.05) is 56.0 Å². The van der Waals surface area contributed by atoms with E-state index in [1.54, 1.807) is 0 Å². The Bertz CT molecular complexity index is 802. The molecular weight excluding hydrogens is 338 g/mol. The zero-order valence-electron chi connectivity index (χ0n) is 16.5. The van der Waals surface area contributed by atoms with Crippen LogP contribution in [0.1, 0.15) is 52.1 Å². The lowest BCUT2D eigenvalue weighted by Gasteiger charge is -2.31. The number of aryl methyl sites for hydroxylation is 1. The summed E-state index contributed by atoms with van der Waals surface area (Å²) in [7, 11) is 0. The smallest absolute Gasteiger partial charge is 0.270 e. The number of carbonyl (C=O) groups excluding carboxylic acids is 2. The second kappa shape index (κ2) is 8.42. The molecule has 2 amide bonds. The lowest BCUT2D eigenvalue weighted by atomic mass is 9.93. The molecule has 0 radical (unpaired) electrons. The summed E-state index contributed by atoms with van der Waals surface area (Å²) in [6, 6.07) is 9.94. The van der Waals surface area contributed by atoms with Crippen LogP contribution in [0.3, 0.4) is 0 Å². The molecule has 3 rings (SSSR count). The Hall–Kier alpha value is -2.56. The second-order valence-corrected chi connectivity index (χ2v) is 7.58. The quantitative estimate of drug-likeness (QED) is 0.849. The van der Waals surface area contributed by atoms with Gasteiger partial charge in [-0.05, 0) is 56.2 Å². The first kappa shape index (κ1) is 19.2. The number of likely N-dealkylation sites (tertiary alicyclic amines) is 1. The molecule has 1 aromatic carbocycles. The molecule has 0 bridgehead atoms. The summed E-state index contributed by atoms with van der Waals surface area (Å²) in [5.74, 6) is 0.517. The maximum atomic E-state index is 12.8. The van der Waals surface area contributed by atoms with Crippen molar-refractivity contribution in [3.8, 4) is 0 Å². The highest BCUT2D eigenvalue weighted by Gasteiger charge is 2.27. The summed E-state index contributed by atoms with van der Waals surface area (Å²) in [4.78, 5) is 30.1. The average Bonchev–Trinajstić information content (AvgIpc) is 2.94. The van der Waals surface area contributed by atoms with Crippen LogP contribution >= 0.6 is 0 Å². The molecule has 1 aromatic heterocycles. The van der Waals surface area contributed by atoms with Crippen molar-refractivity contribution in [2.45, 2.75) is 46.6 Å². The molecule has 1 saturated heterocycles. The predicted molar refractivity (Wildman–Crippen MR) is 107 cm³/mol. The molecule has 2 aromatic rings. The highest BCUT2D eigenvalue weighted by atomic mass is 16.2. The van der Waals surface area contributed by atoms with Gasteiger partial charge in [-0.25, -0.2) is 0 Å². The third kappa shape index (κ3) is 4.59. The molecule has 144 valence electrons. The Labute approximate surface area is 161 Å². The number of H-pyrrole nitrogens is 1. The number of piperidine rings is 1. The van der Waals surface area contributed by atoms with Crippen LogP contribution in [-0.2, 0) is 11.3 Å². The Balaban J connectivity index is 1.46. The first-order chi connectivity index (χ1) is 13.0. The van der Waals surface area contributed by atoms with Crippen LogP contribution in [0, 0.1) is 26.7 Å². The fraction of sp³-hybridized carbons (Fsp3) is 0.455. The number of benzene rings is 1. The van der Waals surface area contributed by atoms with Gasteiger partial charge in [0.2, 0.25) is 5.91 Å². The fourth-order valence-electron chi connectivity index (χ4n) is 3.69. The van der Waals surface area contributed by atoms with Gasteiger partial charge >= 0.3 is 0 Å². The van der Waals surface area contributed by atoms with Gasteiger partial charge in [0.15, 0.2) is 0 Å². The summed E-state index contributed by atoms with van der Waals surface area (Å²) in [6.07, 6.45) is 2.29. The van der Waals surface area contributed by atoms with Gasteiger partial charge in [-0.3, -0.25) is 9.59 Å². The highest BCUT2D eigenvalue weighted by molar-refractivity contribution is 5.94. The third-order valence-electron chi connectivity index (χ3n) is 5.73. The number of hydrogen-bond donors (Lipinski definition) is 2. The first-order valence-corrected chi connectivity index (χ1v) is 9.71. The van der Waals surface area contributed by atoms with Crippen molar-refractivity contribution in [2.75, 3.05) is 13.1 Å². The van der Waals surface area contributed by atoms with E-state index in [9.17, 15) is 9.59 Å². The molecule has 27 heavy (non-hydrogen) atoms. The number of aromatic amines is 1. The Morgan fingerprint density at radius 3 is 2.33 bits per heavy atom. The number of carbonyl (C=O) groups is 2. The molecule has 5 nitrogen and oxygen atoms in total. The van der Waals surface area contributed by atoms with Gasteiger partial charge in [-0.1, -0.05) is 30.3 Å². The molecule has 0 spiro atoms. The van der Waals surface area contributed by atoms with E-state index in [2.05, 4.69) is 10.3 Å². The van der Waals surface area contributed by atoms with E-state index in [0.29, 0.717) is 37.7 Å². The second-order valence-electron chi connectivity index (χ2n) is 7.58. The summed E-state index contributed by atoms with van der Waals surface area (Å²) >= 11 is 0. The minimum atomic E-state index is 0.0793. The summed E-state index contributed by atoms with van der Waals surface area (Å²) in [6.45, 7) is 8.04. The molecule has 1 aliphatic heterocycles. The lowest BCUT2D eigenvalue weighted by molar-refractivity contribution is -0.122. The van der Waals surface area contributed by atoms with Gasteiger partial charge in [0.25, 0.3) is 5.91 Å². The molecule has 1 aliphatic rings. The topological polar surface area (TPSA) is 65.2 Å². The van der Waals surface area contributed by atoms with E-state index < -0.39 is 0 Å². The van der Waals surface area contributed by atoms with Gasteiger partial charge < -0.3 is 15.2 Å². The van der Waals surface area contributed by atoms with Gasteiger partial charge in [0.1, 0.15) is 5.69 Å². The molecule has 0 aliphatic carbocycles. The van der Waals surface area contributed by atoms with Crippen molar-refractivity contribution in [3.05, 3.63) is 58.4 Å².